The van der Waals surface area contributed by atoms with Crippen molar-refractivity contribution in [2.75, 3.05) is 14.7 Å². The van der Waals surface area contributed by atoms with Gasteiger partial charge < -0.3 is 14.7 Å². The van der Waals surface area contributed by atoms with Crippen molar-refractivity contribution in [2.24, 2.45) is 10.8 Å². The molecule has 0 spiro atoms. The fraction of sp³-hybridized carbons (Fsp3) is 0.471. The first-order valence-electron chi connectivity index (χ1n) is 27.3. The molecule has 10 rings (SSSR count). The first kappa shape index (κ1) is 50.3. The number of fused-ring (bicyclic) bond motifs is 7. The Kier molecular flexibility index (Phi) is 10.9. The van der Waals surface area contributed by atoms with E-state index < -0.39 is 0 Å². The van der Waals surface area contributed by atoms with Gasteiger partial charge in [0, 0.05) is 50.9 Å². The van der Waals surface area contributed by atoms with Crippen LogP contribution in [0.4, 0.5) is 45.5 Å². The van der Waals surface area contributed by atoms with Crippen molar-refractivity contribution in [3.05, 3.63) is 149 Å². The van der Waals surface area contributed by atoms with Crippen molar-refractivity contribution in [2.45, 2.75) is 196 Å². The molecular weight excluding hydrogens is 870 g/mol. The van der Waals surface area contributed by atoms with Gasteiger partial charge in [0.25, 0.3) is 6.71 Å². The third-order valence-electron chi connectivity index (χ3n) is 19.1. The van der Waals surface area contributed by atoms with Crippen LogP contribution in [-0.2, 0) is 32.5 Å². The highest BCUT2D eigenvalue weighted by molar-refractivity contribution is 7.00. The van der Waals surface area contributed by atoms with E-state index in [2.05, 4.69) is 275 Å². The van der Waals surface area contributed by atoms with Crippen molar-refractivity contribution < 1.29 is 0 Å². The second-order valence-corrected chi connectivity index (χ2v) is 29.4. The van der Waals surface area contributed by atoms with Crippen LogP contribution in [0.3, 0.4) is 0 Å². The molecule has 0 saturated heterocycles. The van der Waals surface area contributed by atoms with Gasteiger partial charge in [0.15, 0.2) is 0 Å². The molecule has 0 radical (unpaired) electrons. The van der Waals surface area contributed by atoms with E-state index in [-0.39, 0.29) is 55.6 Å². The Hall–Kier alpha value is -5.22. The molecule has 1 fully saturated rings. The Balaban J connectivity index is 1.37. The predicted octanol–water partition coefficient (Wildman–Crippen LogP) is 17.3. The van der Waals surface area contributed by atoms with E-state index in [0.29, 0.717) is 0 Å². The SMILES string of the molecule is CC(C)(C)c1ccc(N2c3ccc(C(C)(C)C)cc3B3c4cc(C(C)(C)C)ccc4N(c4ccc(C(C)(C)C)cc4)c4cc(N5c6ccc(C(C)(C)C)cc6C6(C)C(C)(C)CCC(C)(C)C56C)cc2c43)cc1. The molecule has 4 aliphatic rings. The molecular formula is C68H86BN3. The van der Waals surface area contributed by atoms with Crippen LogP contribution < -0.4 is 31.1 Å². The summed E-state index contributed by atoms with van der Waals surface area (Å²) >= 11 is 0. The standard InChI is InChI=1S/C68H86BN3/c1-60(2,3)43-22-29-48(30-23-43)70-55-34-27-46(63(10,11)12)39-52(55)69-53-40-47(64(13,14)15)28-35-56(53)71(49-31-24-44(25-32-49)61(4,5)6)58-42-50(41-57(70)59(58)69)72-54-33-26-45(62(7,8)9)38-51(54)67(20)65(16,17)36-37-66(18,19)68(67,72)21/h22-35,38-42H,36-37H2,1-21H3. The molecule has 0 N–H and O–H groups in total. The van der Waals surface area contributed by atoms with Gasteiger partial charge in [-0.15, -0.1) is 0 Å². The highest BCUT2D eigenvalue weighted by Gasteiger charge is 2.70. The molecule has 4 heteroatoms. The van der Waals surface area contributed by atoms with Crippen LogP contribution in [0.5, 0.6) is 0 Å². The minimum absolute atomic E-state index is 0.0000349. The van der Waals surface area contributed by atoms with E-state index in [1.165, 1.54) is 102 Å². The normalized spacial score (nSPS) is 21.2. The Morgan fingerprint density at radius 2 is 0.708 bits per heavy atom. The molecule has 0 bridgehead atoms. The minimum atomic E-state index is -0.290. The average Bonchev–Trinajstić information content (AvgIpc) is 3.51. The maximum atomic E-state index is 2.86. The monoisotopic (exact) mass is 956 g/mol. The Labute approximate surface area is 436 Å². The Morgan fingerprint density at radius 1 is 0.361 bits per heavy atom. The lowest BCUT2D eigenvalue weighted by Crippen LogP contribution is -2.69. The van der Waals surface area contributed by atoms with Crippen molar-refractivity contribution in [1.29, 1.82) is 0 Å². The summed E-state index contributed by atoms with van der Waals surface area (Å²) in [6, 6.07) is 46.7. The van der Waals surface area contributed by atoms with Gasteiger partial charge in [0.1, 0.15) is 0 Å². The summed E-state index contributed by atoms with van der Waals surface area (Å²) in [5, 5.41) is 0. The smallest absolute Gasteiger partial charge is 0.252 e. The third kappa shape index (κ3) is 7.32. The summed E-state index contributed by atoms with van der Waals surface area (Å²) in [6.07, 6.45) is 2.32. The van der Waals surface area contributed by atoms with Crippen molar-refractivity contribution >= 4 is 68.6 Å². The molecule has 0 amide bonds. The number of anilines is 8. The maximum Gasteiger partial charge on any atom is 0.252 e. The van der Waals surface area contributed by atoms with Gasteiger partial charge in [0.2, 0.25) is 0 Å². The summed E-state index contributed by atoms with van der Waals surface area (Å²) in [7, 11) is 0. The maximum absolute atomic E-state index is 2.86. The first-order valence-corrected chi connectivity index (χ1v) is 27.3. The van der Waals surface area contributed by atoms with Crippen LogP contribution in [0.15, 0.2) is 115 Å². The predicted molar refractivity (Wildman–Crippen MR) is 315 cm³/mol. The number of benzene rings is 6. The van der Waals surface area contributed by atoms with E-state index >= 15 is 0 Å². The summed E-state index contributed by atoms with van der Waals surface area (Å²) in [5.74, 6) is 0. The number of rotatable bonds is 3. The minimum Gasteiger partial charge on any atom is -0.334 e. The topological polar surface area (TPSA) is 9.72 Å². The average molecular weight is 956 g/mol. The van der Waals surface area contributed by atoms with Crippen LogP contribution >= 0.6 is 0 Å². The second kappa shape index (κ2) is 15.7. The van der Waals surface area contributed by atoms with Gasteiger partial charge in [-0.2, -0.15) is 0 Å². The van der Waals surface area contributed by atoms with E-state index in [0.717, 1.165) is 6.42 Å². The highest BCUT2D eigenvalue weighted by Crippen LogP contribution is 2.72. The summed E-state index contributed by atoms with van der Waals surface area (Å²) in [6.45, 7) is 50.8. The Morgan fingerprint density at radius 3 is 1.10 bits per heavy atom. The molecule has 376 valence electrons. The zero-order chi connectivity index (χ0) is 52.5. The molecule has 72 heavy (non-hydrogen) atoms. The zero-order valence-corrected chi connectivity index (χ0v) is 48.3. The van der Waals surface area contributed by atoms with E-state index in [1.807, 2.05) is 0 Å². The molecule has 0 aromatic heterocycles. The molecule has 2 unspecified atom stereocenters. The second-order valence-electron chi connectivity index (χ2n) is 29.4. The lowest BCUT2D eigenvalue weighted by Gasteiger charge is -2.65. The van der Waals surface area contributed by atoms with Gasteiger partial charge in [-0.1, -0.05) is 199 Å². The highest BCUT2D eigenvalue weighted by atomic mass is 15.3. The fourth-order valence-corrected chi connectivity index (χ4v) is 13.7. The van der Waals surface area contributed by atoms with Gasteiger partial charge in [0.05, 0.1) is 5.54 Å². The Bertz CT molecular complexity index is 2990. The van der Waals surface area contributed by atoms with E-state index in [9.17, 15) is 0 Å². The summed E-state index contributed by atoms with van der Waals surface area (Å²) in [4.78, 5) is 8.15. The van der Waals surface area contributed by atoms with E-state index in [1.54, 1.807) is 0 Å². The quantitative estimate of drug-likeness (QED) is 0.163. The molecule has 3 aliphatic heterocycles. The van der Waals surface area contributed by atoms with Gasteiger partial charge in [-0.25, -0.2) is 0 Å². The number of hydrogen-bond acceptors (Lipinski definition) is 3. The zero-order valence-electron chi connectivity index (χ0n) is 48.3. The lowest BCUT2D eigenvalue weighted by atomic mass is 9.33. The molecule has 6 aromatic carbocycles. The number of nitrogens with zero attached hydrogens (tertiary/aromatic N) is 3. The van der Waals surface area contributed by atoms with Crippen molar-refractivity contribution in [1.82, 2.24) is 0 Å². The van der Waals surface area contributed by atoms with Crippen LogP contribution in [-0.4, -0.2) is 12.3 Å². The fourth-order valence-electron chi connectivity index (χ4n) is 13.7. The molecule has 2 atom stereocenters. The molecule has 3 heterocycles. The van der Waals surface area contributed by atoms with Gasteiger partial charge in [-0.3, -0.25) is 0 Å². The third-order valence-corrected chi connectivity index (χ3v) is 19.1. The molecule has 3 nitrogen and oxygen atoms in total. The summed E-state index contributed by atoms with van der Waals surface area (Å²) < 4.78 is 0. The summed E-state index contributed by atoms with van der Waals surface area (Å²) in [5.41, 5.74) is 21.9. The van der Waals surface area contributed by atoms with E-state index in [4.69, 9.17) is 0 Å². The van der Waals surface area contributed by atoms with Gasteiger partial charge >= 0.3 is 0 Å². The van der Waals surface area contributed by atoms with Crippen molar-refractivity contribution in [3.8, 4) is 0 Å². The lowest BCUT2D eigenvalue weighted by molar-refractivity contribution is -0.0415. The first-order chi connectivity index (χ1) is 33.1. The largest absolute Gasteiger partial charge is 0.334 e. The molecule has 1 saturated carbocycles. The van der Waals surface area contributed by atoms with Crippen LogP contribution in [0.1, 0.15) is 192 Å². The molecule has 6 aromatic rings. The van der Waals surface area contributed by atoms with Crippen LogP contribution in [0.25, 0.3) is 0 Å². The van der Waals surface area contributed by atoms with Crippen molar-refractivity contribution in [3.63, 3.8) is 0 Å². The van der Waals surface area contributed by atoms with Crippen LogP contribution in [0.2, 0.25) is 0 Å². The molecule has 1 aliphatic carbocycles. The van der Waals surface area contributed by atoms with Crippen LogP contribution in [0, 0.1) is 10.8 Å². The number of hydrogen-bond donors (Lipinski definition) is 0. The van der Waals surface area contributed by atoms with Gasteiger partial charge in [-0.05, 0) is 162 Å².